The van der Waals surface area contributed by atoms with Crippen molar-refractivity contribution in [2.45, 2.75) is 19.3 Å². The van der Waals surface area contributed by atoms with Gasteiger partial charge in [0.25, 0.3) is 5.91 Å². The van der Waals surface area contributed by atoms with Crippen LogP contribution in [0.3, 0.4) is 0 Å². The van der Waals surface area contributed by atoms with Crippen LogP contribution in [0.1, 0.15) is 24.8 Å². The Labute approximate surface area is 203 Å². The number of hydrogen-bond acceptors (Lipinski definition) is 5. The van der Waals surface area contributed by atoms with Crippen molar-refractivity contribution in [1.82, 2.24) is 14.8 Å². The molecule has 9 heteroatoms. The number of piperazine rings is 1. The SMILES string of the molecule is O=C(CCC(=O)N1CCC(c2ccccc2)=N1)N1CCN(C(=O)COc2ccc(Cl)cc2)CC1. The number of ether oxygens (including phenoxy) is 1. The fourth-order valence-electron chi connectivity index (χ4n) is 3.94. The Morgan fingerprint density at radius 2 is 1.41 bits per heavy atom. The van der Waals surface area contributed by atoms with Gasteiger partial charge in [-0.25, -0.2) is 5.01 Å². The summed E-state index contributed by atoms with van der Waals surface area (Å²) in [6, 6.07) is 16.6. The predicted molar refractivity (Wildman–Crippen MR) is 129 cm³/mol. The third kappa shape index (κ3) is 6.14. The lowest BCUT2D eigenvalue weighted by atomic mass is 10.1. The Morgan fingerprint density at radius 3 is 2.09 bits per heavy atom. The molecule has 0 aliphatic carbocycles. The molecule has 2 aromatic rings. The van der Waals surface area contributed by atoms with Gasteiger partial charge in [0.2, 0.25) is 11.8 Å². The Kier molecular flexibility index (Phi) is 7.80. The fourth-order valence-corrected chi connectivity index (χ4v) is 4.07. The molecule has 2 heterocycles. The van der Waals surface area contributed by atoms with Gasteiger partial charge in [-0.15, -0.1) is 0 Å². The molecule has 0 radical (unpaired) electrons. The van der Waals surface area contributed by atoms with Crippen molar-refractivity contribution in [3.05, 3.63) is 65.2 Å². The van der Waals surface area contributed by atoms with E-state index in [2.05, 4.69) is 5.10 Å². The van der Waals surface area contributed by atoms with E-state index in [-0.39, 0.29) is 37.2 Å². The average molecular weight is 483 g/mol. The molecule has 2 aliphatic rings. The second kappa shape index (κ2) is 11.2. The predicted octanol–water partition coefficient (Wildman–Crippen LogP) is 2.81. The van der Waals surface area contributed by atoms with Gasteiger partial charge in [-0.2, -0.15) is 5.10 Å². The average Bonchev–Trinajstić information content (AvgIpc) is 3.38. The number of amides is 3. The standard InChI is InChI=1S/C25H27ClN4O4/c26-20-6-8-21(9-7-20)34-18-25(33)29-16-14-28(15-17-29)23(31)10-11-24(32)30-13-12-22(27-30)19-4-2-1-3-5-19/h1-9H,10-18H2. The summed E-state index contributed by atoms with van der Waals surface area (Å²) in [4.78, 5) is 40.9. The van der Waals surface area contributed by atoms with Gasteiger partial charge in [0.15, 0.2) is 6.61 Å². The zero-order chi connectivity index (χ0) is 23.9. The largest absolute Gasteiger partial charge is 0.484 e. The highest BCUT2D eigenvalue weighted by atomic mass is 35.5. The van der Waals surface area contributed by atoms with E-state index in [1.807, 2.05) is 30.3 Å². The Balaban J connectivity index is 1.17. The van der Waals surface area contributed by atoms with Crippen LogP contribution >= 0.6 is 11.6 Å². The fraction of sp³-hybridized carbons (Fsp3) is 0.360. The third-order valence-corrected chi connectivity index (χ3v) is 6.16. The Morgan fingerprint density at radius 1 is 0.794 bits per heavy atom. The molecule has 0 spiro atoms. The lowest BCUT2D eigenvalue weighted by Gasteiger charge is -2.34. The van der Waals surface area contributed by atoms with Gasteiger partial charge in [0.1, 0.15) is 5.75 Å². The molecule has 178 valence electrons. The minimum Gasteiger partial charge on any atom is -0.484 e. The third-order valence-electron chi connectivity index (χ3n) is 5.91. The van der Waals surface area contributed by atoms with E-state index >= 15 is 0 Å². The number of carbonyl (C=O) groups excluding carboxylic acids is 3. The van der Waals surface area contributed by atoms with Gasteiger partial charge in [0.05, 0.1) is 12.3 Å². The summed E-state index contributed by atoms with van der Waals surface area (Å²) in [5, 5.41) is 6.50. The first-order chi connectivity index (χ1) is 16.5. The number of benzene rings is 2. The van der Waals surface area contributed by atoms with Crippen molar-refractivity contribution in [3.8, 4) is 5.75 Å². The normalized spacial score (nSPS) is 15.8. The topological polar surface area (TPSA) is 82.5 Å². The summed E-state index contributed by atoms with van der Waals surface area (Å²) in [5.74, 6) is 0.226. The molecule has 2 aromatic carbocycles. The first-order valence-corrected chi connectivity index (χ1v) is 11.7. The van der Waals surface area contributed by atoms with E-state index in [0.717, 1.165) is 11.3 Å². The monoisotopic (exact) mass is 482 g/mol. The van der Waals surface area contributed by atoms with Crippen LogP contribution < -0.4 is 4.74 Å². The molecule has 0 unspecified atom stereocenters. The summed E-state index contributed by atoms with van der Waals surface area (Å²) in [6.07, 6.45) is 0.971. The molecule has 3 amide bonds. The maximum Gasteiger partial charge on any atom is 0.260 e. The zero-order valence-corrected chi connectivity index (χ0v) is 19.6. The van der Waals surface area contributed by atoms with Crippen molar-refractivity contribution in [2.75, 3.05) is 39.3 Å². The van der Waals surface area contributed by atoms with Crippen molar-refractivity contribution in [1.29, 1.82) is 0 Å². The summed E-state index contributed by atoms with van der Waals surface area (Å²) in [7, 11) is 0. The van der Waals surface area contributed by atoms with Gasteiger partial charge in [0, 0.05) is 50.5 Å². The Hall–Kier alpha value is -3.39. The molecule has 0 bridgehead atoms. The molecule has 0 N–H and O–H groups in total. The minimum atomic E-state index is -0.146. The van der Waals surface area contributed by atoms with Crippen LogP contribution in [0.25, 0.3) is 0 Å². The summed E-state index contributed by atoms with van der Waals surface area (Å²) < 4.78 is 5.52. The second-order valence-electron chi connectivity index (χ2n) is 8.18. The van der Waals surface area contributed by atoms with Crippen molar-refractivity contribution in [3.63, 3.8) is 0 Å². The smallest absolute Gasteiger partial charge is 0.260 e. The highest BCUT2D eigenvalue weighted by Crippen LogP contribution is 2.17. The number of carbonyl (C=O) groups is 3. The summed E-state index contributed by atoms with van der Waals surface area (Å²) in [6.45, 7) is 2.25. The maximum atomic E-state index is 12.6. The van der Waals surface area contributed by atoms with Gasteiger partial charge in [-0.1, -0.05) is 41.9 Å². The highest BCUT2D eigenvalue weighted by molar-refractivity contribution is 6.30. The van der Waals surface area contributed by atoms with Gasteiger partial charge in [-0.05, 0) is 29.8 Å². The summed E-state index contributed by atoms with van der Waals surface area (Å²) in [5.41, 5.74) is 1.90. The molecule has 2 aliphatic heterocycles. The highest BCUT2D eigenvalue weighted by Gasteiger charge is 2.26. The van der Waals surface area contributed by atoms with Crippen LogP contribution in [0.5, 0.6) is 5.75 Å². The van der Waals surface area contributed by atoms with E-state index in [1.54, 1.807) is 34.1 Å². The van der Waals surface area contributed by atoms with Crippen LogP contribution in [0.4, 0.5) is 0 Å². The lowest BCUT2D eigenvalue weighted by Crippen LogP contribution is -2.51. The molecule has 0 atom stereocenters. The summed E-state index contributed by atoms with van der Waals surface area (Å²) >= 11 is 5.85. The van der Waals surface area contributed by atoms with Crippen molar-refractivity contribution >= 4 is 35.0 Å². The molecule has 8 nitrogen and oxygen atoms in total. The number of halogens is 1. The van der Waals surface area contributed by atoms with E-state index in [0.29, 0.717) is 49.9 Å². The van der Waals surface area contributed by atoms with Crippen LogP contribution in [0.2, 0.25) is 5.02 Å². The van der Waals surface area contributed by atoms with Crippen LogP contribution in [0, 0.1) is 0 Å². The van der Waals surface area contributed by atoms with Crippen molar-refractivity contribution < 1.29 is 19.1 Å². The number of hydrogen-bond donors (Lipinski definition) is 0. The molecular formula is C25H27ClN4O4. The Bertz CT molecular complexity index is 1050. The van der Waals surface area contributed by atoms with Gasteiger partial charge >= 0.3 is 0 Å². The lowest BCUT2D eigenvalue weighted by molar-refractivity contribution is -0.141. The van der Waals surface area contributed by atoms with E-state index < -0.39 is 0 Å². The van der Waals surface area contributed by atoms with Gasteiger partial charge < -0.3 is 14.5 Å². The minimum absolute atomic E-state index is 0.0641. The van der Waals surface area contributed by atoms with Crippen LogP contribution in [0.15, 0.2) is 59.7 Å². The first kappa shape index (κ1) is 23.8. The van der Waals surface area contributed by atoms with E-state index in [1.165, 1.54) is 5.01 Å². The number of hydrazone groups is 1. The molecule has 0 saturated carbocycles. The number of nitrogens with zero attached hydrogens (tertiary/aromatic N) is 4. The quantitative estimate of drug-likeness (QED) is 0.607. The molecule has 1 saturated heterocycles. The number of rotatable bonds is 7. The van der Waals surface area contributed by atoms with E-state index in [4.69, 9.17) is 16.3 Å². The molecular weight excluding hydrogens is 456 g/mol. The van der Waals surface area contributed by atoms with Crippen molar-refractivity contribution in [2.24, 2.45) is 5.10 Å². The first-order valence-electron chi connectivity index (χ1n) is 11.4. The van der Waals surface area contributed by atoms with E-state index in [9.17, 15) is 14.4 Å². The molecule has 4 rings (SSSR count). The molecule has 1 fully saturated rings. The maximum absolute atomic E-state index is 12.6. The second-order valence-corrected chi connectivity index (χ2v) is 8.62. The van der Waals surface area contributed by atoms with Crippen LogP contribution in [-0.4, -0.2) is 77.6 Å². The molecule has 34 heavy (non-hydrogen) atoms. The molecule has 0 aromatic heterocycles. The van der Waals surface area contributed by atoms with Crippen LogP contribution in [-0.2, 0) is 14.4 Å². The van der Waals surface area contributed by atoms with Gasteiger partial charge in [-0.3, -0.25) is 14.4 Å². The zero-order valence-electron chi connectivity index (χ0n) is 18.9.